The fraction of sp³-hybridized carbons (Fsp3) is 0.611. The predicted molar refractivity (Wildman–Crippen MR) is 87.6 cm³/mol. The Morgan fingerprint density at radius 3 is 2.75 bits per heavy atom. The van der Waals surface area contributed by atoms with Gasteiger partial charge in [0.15, 0.2) is 0 Å². The summed E-state index contributed by atoms with van der Waals surface area (Å²) in [6.45, 7) is 4.09. The van der Waals surface area contributed by atoms with Crippen LogP contribution in [0.2, 0.25) is 0 Å². The van der Waals surface area contributed by atoms with Crippen molar-refractivity contribution in [3.63, 3.8) is 0 Å². The van der Waals surface area contributed by atoms with Crippen LogP contribution in [0.15, 0.2) is 24.3 Å². The van der Waals surface area contributed by atoms with E-state index in [0.29, 0.717) is 26.1 Å². The Morgan fingerprint density at radius 1 is 1.25 bits per heavy atom. The smallest absolute Gasteiger partial charge is 0.224 e. The van der Waals surface area contributed by atoms with Gasteiger partial charge in [-0.05, 0) is 37.0 Å². The Labute approximate surface area is 142 Å². The van der Waals surface area contributed by atoms with Crippen LogP contribution in [-0.4, -0.2) is 54.8 Å². The highest BCUT2D eigenvalue weighted by molar-refractivity contribution is 5.76. The van der Waals surface area contributed by atoms with Crippen LogP contribution in [0.1, 0.15) is 31.2 Å². The van der Waals surface area contributed by atoms with E-state index in [9.17, 15) is 9.18 Å². The zero-order valence-corrected chi connectivity index (χ0v) is 14.0. The molecule has 2 fully saturated rings. The van der Waals surface area contributed by atoms with Crippen molar-refractivity contribution >= 4 is 5.91 Å². The van der Waals surface area contributed by atoms with E-state index >= 15 is 0 Å². The first kappa shape index (κ1) is 17.3. The predicted octanol–water partition coefficient (Wildman–Crippen LogP) is 2.36. The molecule has 0 radical (unpaired) electrons. The summed E-state index contributed by atoms with van der Waals surface area (Å²) in [5, 5.41) is 1.86. The quantitative estimate of drug-likeness (QED) is 0.767. The first-order valence-corrected chi connectivity index (χ1v) is 8.72. The summed E-state index contributed by atoms with van der Waals surface area (Å²) in [5.74, 6) is -0.174. The third kappa shape index (κ3) is 5.00. The van der Waals surface area contributed by atoms with E-state index in [1.54, 1.807) is 12.1 Å². The van der Waals surface area contributed by atoms with Crippen molar-refractivity contribution in [2.24, 2.45) is 0 Å². The standard InChI is InChI=1S/C18H25FN2O3/c19-16-6-4-15(5-7-16)13-20(14-17-3-1-11-23-17)18(22)8-10-21-9-2-12-24-21/h4-7,17H,1-3,8-14H2/t17-/m1/s1. The number of amides is 1. The Morgan fingerprint density at radius 2 is 2.08 bits per heavy atom. The highest BCUT2D eigenvalue weighted by Gasteiger charge is 2.23. The van der Waals surface area contributed by atoms with Crippen LogP contribution < -0.4 is 0 Å². The van der Waals surface area contributed by atoms with Gasteiger partial charge in [0.1, 0.15) is 5.82 Å². The molecule has 2 aliphatic rings. The molecule has 0 bridgehead atoms. The molecule has 0 aromatic heterocycles. The molecule has 0 aliphatic carbocycles. The van der Waals surface area contributed by atoms with Crippen molar-refractivity contribution in [3.8, 4) is 0 Å². The molecule has 0 saturated carbocycles. The molecule has 132 valence electrons. The first-order chi connectivity index (χ1) is 11.7. The third-order valence-electron chi connectivity index (χ3n) is 4.49. The lowest BCUT2D eigenvalue weighted by Gasteiger charge is -2.26. The summed E-state index contributed by atoms with van der Waals surface area (Å²) in [6, 6.07) is 6.33. The highest BCUT2D eigenvalue weighted by Crippen LogP contribution is 2.16. The van der Waals surface area contributed by atoms with Gasteiger partial charge < -0.3 is 9.64 Å². The third-order valence-corrected chi connectivity index (χ3v) is 4.49. The number of hydrogen-bond donors (Lipinski definition) is 0. The molecule has 0 spiro atoms. The minimum Gasteiger partial charge on any atom is -0.376 e. The van der Waals surface area contributed by atoms with Gasteiger partial charge in [0.2, 0.25) is 5.91 Å². The number of rotatable bonds is 7. The average molecular weight is 336 g/mol. The Bertz CT molecular complexity index is 526. The highest BCUT2D eigenvalue weighted by atomic mass is 19.1. The van der Waals surface area contributed by atoms with E-state index < -0.39 is 0 Å². The lowest BCUT2D eigenvalue weighted by Crippen LogP contribution is -2.38. The second-order valence-corrected chi connectivity index (χ2v) is 6.40. The molecule has 0 N–H and O–H groups in total. The normalized spacial score (nSPS) is 21.3. The topological polar surface area (TPSA) is 42.0 Å². The van der Waals surface area contributed by atoms with Crippen molar-refractivity contribution in [1.82, 2.24) is 9.96 Å². The van der Waals surface area contributed by atoms with E-state index in [4.69, 9.17) is 9.57 Å². The molecule has 1 aromatic carbocycles. The fourth-order valence-electron chi connectivity index (χ4n) is 3.15. The molecular formula is C18H25FN2O3. The molecule has 0 unspecified atom stereocenters. The first-order valence-electron chi connectivity index (χ1n) is 8.72. The van der Waals surface area contributed by atoms with Crippen LogP contribution in [0.25, 0.3) is 0 Å². The van der Waals surface area contributed by atoms with Gasteiger partial charge in [-0.2, -0.15) is 5.06 Å². The zero-order valence-electron chi connectivity index (χ0n) is 14.0. The minimum absolute atomic E-state index is 0.0883. The number of ether oxygens (including phenoxy) is 1. The number of hydrogen-bond acceptors (Lipinski definition) is 4. The van der Waals surface area contributed by atoms with Crippen LogP contribution in [0, 0.1) is 5.82 Å². The maximum absolute atomic E-state index is 13.1. The van der Waals surface area contributed by atoms with Gasteiger partial charge in [-0.15, -0.1) is 0 Å². The van der Waals surface area contributed by atoms with Gasteiger partial charge in [-0.3, -0.25) is 9.63 Å². The van der Waals surface area contributed by atoms with E-state index in [1.807, 2.05) is 9.96 Å². The van der Waals surface area contributed by atoms with Gasteiger partial charge in [0.25, 0.3) is 0 Å². The van der Waals surface area contributed by atoms with Gasteiger partial charge >= 0.3 is 0 Å². The molecule has 1 atom stereocenters. The number of halogens is 1. The summed E-state index contributed by atoms with van der Waals surface area (Å²) in [4.78, 5) is 19.9. The maximum Gasteiger partial charge on any atom is 0.224 e. The maximum atomic E-state index is 13.1. The molecule has 2 saturated heterocycles. The van der Waals surface area contributed by atoms with Gasteiger partial charge in [0.05, 0.1) is 12.7 Å². The molecule has 6 heteroatoms. The Hall–Kier alpha value is -1.50. The molecule has 5 nitrogen and oxygen atoms in total. The molecular weight excluding hydrogens is 311 g/mol. The molecule has 3 rings (SSSR count). The van der Waals surface area contributed by atoms with Gasteiger partial charge in [0, 0.05) is 39.2 Å². The van der Waals surface area contributed by atoms with Crippen LogP contribution in [0.3, 0.4) is 0 Å². The molecule has 2 heterocycles. The summed E-state index contributed by atoms with van der Waals surface area (Å²) in [7, 11) is 0. The van der Waals surface area contributed by atoms with Crippen molar-refractivity contribution < 1.29 is 18.8 Å². The summed E-state index contributed by atoms with van der Waals surface area (Å²) in [5.41, 5.74) is 0.931. The Balaban J connectivity index is 1.58. The monoisotopic (exact) mass is 336 g/mol. The number of benzene rings is 1. The fourth-order valence-corrected chi connectivity index (χ4v) is 3.15. The molecule has 24 heavy (non-hydrogen) atoms. The Kier molecular flexibility index (Phi) is 6.18. The van der Waals surface area contributed by atoms with E-state index in [-0.39, 0.29) is 17.8 Å². The van der Waals surface area contributed by atoms with E-state index in [2.05, 4.69) is 0 Å². The largest absolute Gasteiger partial charge is 0.376 e. The van der Waals surface area contributed by atoms with Crippen LogP contribution in [-0.2, 0) is 20.9 Å². The lowest BCUT2D eigenvalue weighted by atomic mass is 10.1. The number of carbonyl (C=O) groups excluding carboxylic acids is 1. The molecule has 1 aromatic rings. The van der Waals surface area contributed by atoms with Crippen LogP contribution >= 0.6 is 0 Å². The average Bonchev–Trinajstić information content (AvgIpc) is 3.27. The van der Waals surface area contributed by atoms with Gasteiger partial charge in [-0.1, -0.05) is 12.1 Å². The van der Waals surface area contributed by atoms with E-state index in [0.717, 1.165) is 44.6 Å². The van der Waals surface area contributed by atoms with Crippen molar-refractivity contribution in [2.45, 2.75) is 38.3 Å². The van der Waals surface area contributed by atoms with Gasteiger partial charge in [-0.25, -0.2) is 4.39 Å². The van der Waals surface area contributed by atoms with Crippen LogP contribution in [0.5, 0.6) is 0 Å². The molecule has 1 amide bonds. The summed E-state index contributed by atoms with van der Waals surface area (Å²) < 4.78 is 18.8. The van der Waals surface area contributed by atoms with E-state index in [1.165, 1.54) is 12.1 Å². The second kappa shape index (κ2) is 8.55. The van der Waals surface area contributed by atoms with Crippen LogP contribution in [0.4, 0.5) is 4.39 Å². The number of carbonyl (C=O) groups is 1. The number of hydroxylamine groups is 2. The SMILES string of the molecule is O=C(CCN1CCCO1)N(Cc1ccc(F)cc1)C[C@H]1CCCO1. The van der Waals surface area contributed by atoms with Crippen molar-refractivity contribution in [3.05, 3.63) is 35.6 Å². The zero-order chi connectivity index (χ0) is 16.8. The van der Waals surface area contributed by atoms with Crippen molar-refractivity contribution in [1.29, 1.82) is 0 Å². The lowest BCUT2D eigenvalue weighted by molar-refractivity contribution is -0.140. The summed E-state index contributed by atoms with van der Waals surface area (Å²) in [6.07, 6.45) is 3.59. The second-order valence-electron chi connectivity index (χ2n) is 6.40. The minimum atomic E-state index is -0.262. The molecule has 2 aliphatic heterocycles. The van der Waals surface area contributed by atoms with Crippen molar-refractivity contribution in [2.75, 3.05) is 32.8 Å². The number of nitrogens with zero attached hydrogens (tertiary/aromatic N) is 2. The summed E-state index contributed by atoms with van der Waals surface area (Å²) >= 11 is 0.